The van der Waals surface area contributed by atoms with Crippen LogP contribution in [0.5, 0.6) is 0 Å². The Balaban J connectivity index is 2.54. The Kier molecular flexibility index (Phi) is 4.98. The van der Waals surface area contributed by atoms with Gasteiger partial charge in [-0.3, -0.25) is 4.79 Å². The third kappa shape index (κ3) is 5.91. The molecule has 0 aromatic heterocycles. The first kappa shape index (κ1) is 16.3. The number of hydrogen-bond acceptors (Lipinski definition) is 2. The SMILES string of the molecule is O=C(COCC(F)(F)F)Nc1cccc(C(F)(F)F)c1. The van der Waals surface area contributed by atoms with Crippen LogP contribution in [-0.2, 0) is 15.7 Å². The van der Waals surface area contributed by atoms with Crippen molar-refractivity contribution in [3.8, 4) is 0 Å². The van der Waals surface area contributed by atoms with E-state index in [2.05, 4.69) is 4.74 Å². The molecule has 1 N–H and O–H groups in total. The Bertz CT molecular complexity index is 469. The van der Waals surface area contributed by atoms with Crippen LogP contribution in [0.4, 0.5) is 32.0 Å². The van der Waals surface area contributed by atoms with Gasteiger partial charge in [-0.2, -0.15) is 26.3 Å². The topological polar surface area (TPSA) is 38.3 Å². The van der Waals surface area contributed by atoms with Gasteiger partial charge in [0, 0.05) is 5.69 Å². The van der Waals surface area contributed by atoms with Crippen LogP contribution in [-0.4, -0.2) is 25.3 Å². The van der Waals surface area contributed by atoms with Crippen LogP contribution in [0.1, 0.15) is 5.56 Å². The number of ether oxygens (including phenoxy) is 1. The standard InChI is InChI=1S/C11H9F6NO2/c12-10(13,14)6-20-5-9(19)18-8-3-1-2-7(4-8)11(15,16)17/h1-4H,5-6H2,(H,18,19). The van der Waals surface area contributed by atoms with Gasteiger partial charge in [0.25, 0.3) is 0 Å². The number of anilines is 1. The Morgan fingerprint density at radius 2 is 1.80 bits per heavy atom. The zero-order valence-electron chi connectivity index (χ0n) is 9.81. The van der Waals surface area contributed by atoms with Crippen molar-refractivity contribution in [2.24, 2.45) is 0 Å². The first-order chi connectivity index (χ1) is 9.08. The van der Waals surface area contributed by atoms with E-state index in [1.165, 1.54) is 6.07 Å². The van der Waals surface area contributed by atoms with Crippen molar-refractivity contribution in [1.82, 2.24) is 0 Å². The summed E-state index contributed by atoms with van der Waals surface area (Å²) >= 11 is 0. The molecule has 0 aliphatic carbocycles. The highest BCUT2D eigenvalue weighted by atomic mass is 19.4. The fourth-order valence-electron chi connectivity index (χ4n) is 1.23. The van der Waals surface area contributed by atoms with E-state index < -0.39 is 37.0 Å². The third-order valence-corrected chi connectivity index (χ3v) is 1.97. The second-order valence-corrected chi connectivity index (χ2v) is 3.73. The summed E-state index contributed by atoms with van der Waals surface area (Å²) in [6, 6.07) is 3.71. The fraction of sp³-hybridized carbons (Fsp3) is 0.364. The van der Waals surface area contributed by atoms with Crippen molar-refractivity contribution in [3.05, 3.63) is 29.8 Å². The van der Waals surface area contributed by atoms with E-state index in [9.17, 15) is 31.1 Å². The van der Waals surface area contributed by atoms with Crippen LogP contribution in [0.15, 0.2) is 24.3 Å². The zero-order valence-corrected chi connectivity index (χ0v) is 9.81. The summed E-state index contributed by atoms with van der Waals surface area (Å²) < 4.78 is 76.4. The minimum absolute atomic E-state index is 0.180. The van der Waals surface area contributed by atoms with E-state index in [0.29, 0.717) is 6.07 Å². The van der Waals surface area contributed by atoms with E-state index in [-0.39, 0.29) is 5.69 Å². The van der Waals surface area contributed by atoms with Crippen LogP contribution in [0.2, 0.25) is 0 Å². The second kappa shape index (κ2) is 6.12. The van der Waals surface area contributed by atoms with Crippen molar-refractivity contribution in [2.75, 3.05) is 18.5 Å². The lowest BCUT2D eigenvalue weighted by Crippen LogP contribution is -2.24. The van der Waals surface area contributed by atoms with Crippen molar-refractivity contribution in [3.63, 3.8) is 0 Å². The average molecular weight is 301 g/mol. The molecule has 3 nitrogen and oxygen atoms in total. The molecule has 0 saturated heterocycles. The minimum Gasteiger partial charge on any atom is -0.362 e. The van der Waals surface area contributed by atoms with Gasteiger partial charge in [-0.1, -0.05) is 6.07 Å². The summed E-state index contributed by atoms with van der Waals surface area (Å²) in [6.07, 6.45) is -9.15. The first-order valence-electron chi connectivity index (χ1n) is 5.19. The van der Waals surface area contributed by atoms with Crippen LogP contribution in [0.25, 0.3) is 0 Å². The van der Waals surface area contributed by atoms with E-state index in [0.717, 1.165) is 12.1 Å². The highest BCUT2D eigenvalue weighted by Crippen LogP contribution is 2.30. The molecule has 0 heterocycles. The maximum atomic E-state index is 12.4. The van der Waals surface area contributed by atoms with Gasteiger partial charge in [0.2, 0.25) is 5.91 Å². The van der Waals surface area contributed by atoms with Gasteiger partial charge in [0.05, 0.1) is 5.56 Å². The molecule has 0 radical (unpaired) electrons. The lowest BCUT2D eigenvalue weighted by molar-refractivity contribution is -0.174. The van der Waals surface area contributed by atoms with E-state index in [1.54, 1.807) is 0 Å². The van der Waals surface area contributed by atoms with Gasteiger partial charge >= 0.3 is 12.4 Å². The number of carbonyl (C=O) groups is 1. The molecule has 0 saturated carbocycles. The summed E-state index contributed by atoms with van der Waals surface area (Å²) in [7, 11) is 0. The molecule has 1 aromatic carbocycles. The monoisotopic (exact) mass is 301 g/mol. The molecule has 0 atom stereocenters. The summed E-state index contributed by atoms with van der Waals surface area (Å²) in [5.74, 6) is -0.978. The van der Waals surface area contributed by atoms with Crippen molar-refractivity contribution < 1.29 is 35.9 Å². The van der Waals surface area contributed by atoms with Crippen LogP contribution in [0.3, 0.4) is 0 Å². The molecule has 0 spiro atoms. The molecule has 0 fully saturated rings. The molecule has 0 aliphatic heterocycles. The Morgan fingerprint density at radius 1 is 1.15 bits per heavy atom. The minimum atomic E-state index is -4.58. The number of benzene rings is 1. The fourth-order valence-corrected chi connectivity index (χ4v) is 1.23. The van der Waals surface area contributed by atoms with Crippen molar-refractivity contribution >= 4 is 11.6 Å². The Labute approximate surface area is 109 Å². The second-order valence-electron chi connectivity index (χ2n) is 3.73. The van der Waals surface area contributed by atoms with E-state index in [1.807, 2.05) is 5.32 Å². The molecular weight excluding hydrogens is 292 g/mol. The van der Waals surface area contributed by atoms with Gasteiger partial charge in [-0.25, -0.2) is 0 Å². The summed E-state index contributed by atoms with van der Waals surface area (Å²) in [4.78, 5) is 11.2. The predicted octanol–water partition coefficient (Wildman–Crippen LogP) is 3.22. The number of rotatable bonds is 4. The Hall–Kier alpha value is -1.77. The summed E-state index contributed by atoms with van der Waals surface area (Å²) in [5.41, 5.74) is -1.16. The molecule has 0 unspecified atom stereocenters. The predicted molar refractivity (Wildman–Crippen MR) is 56.9 cm³/mol. The molecular formula is C11H9F6NO2. The summed E-state index contributed by atoms with van der Waals surface area (Å²) in [5, 5.41) is 2.01. The number of halogens is 6. The third-order valence-electron chi connectivity index (χ3n) is 1.97. The van der Waals surface area contributed by atoms with E-state index in [4.69, 9.17) is 0 Å². The number of amides is 1. The molecule has 1 rings (SSSR count). The Morgan fingerprint density at radius 3 is 2.35 bits per heavy atom. The molecule has 0 bridgehead atoms. The smallest absolute Gasteiger partial charge is 0.362 e. The zero-order chi connectivity index (χ0) is 15.4. The lowest BCUT2D eigenvalue weighted by atomic mass is 10.2. The molecule has 9 heteroatoms. The number of alkyl halides is 6. The molecule has 20 heavy (non-hydrogen) atoms. The van der Waals surface area contributed by atoms with Gasteiger partial charge < -0.3 is 10.1 Å². The van der Waals surface area contributed by atoms with Crippen molar-refractivity contribution in [1.29, 1.82) is 0 Å². The van der Waals surface area contributed by atoms with E-state index >= 15 is 0 Å². The van der Waals surface area contributed by atoms with Gasteiger partial charge in [0.1, 0.15) is 13.2 Å². The largest absolute Gasteiger partial charge is 0.416 e. The molecule has 1 aromatic rings. The number of hydrogen-bond donors (Lipinski definition) is 1. The molecule has 112 valence electrons. The average Bonchev–Trinajstić information content (AvgIpc) is 2.26. The van der Waals surface area contributed by atoms with Gasteiger partial charge in [0.15, 0.2) is 0 Å². The van der Waals surface area contributed by atoms with Crippen LogP contribution in [0, 0.1) is 0 Å². The molecule has 0 aliphatic rings. The normalized spacial score (nSPS) is 12.3. The van der Waals surface area contributed by atoms with Crippen LogP contribution < -0.4 is 5.32 Å². The maximum absolute atomic E-state index is 12.4. The highest BCUT2D eigenvalue weighted by Gasteiger charge is 2.30. The molecule has 1 amide bonds. The first-order valence-corrected chi connectivity index (χ1v) is 5.19. The highest BCUT2D eigenvalue weighted by molar-refractivity contribution is 5.91. The maximum Gasteiger partial charge on any atom is 0.416 e. The summed E-state index contributed by atoms with van der Waals surface area (Å²) in [6.45, 7) is -2.52. The van der Waals surface area contributed by atoms with Crippen molar-refractivity contribution in [2.45, 2.75) is 12.4 Å². The van der Waals surface area contributed by atoms with Gasteiger partial charge in [-0.05, 0) is 18.2 Å². The number of carbonyl (C=O) groups excluding carboxylic acids is 1. The quantitative estimate of drug-likeness (QED) is 0.867. The van der Waals surface area contributed by atoms with Crippen LogP contribution >= 0.6 is 0 Å². The lowest BCUT2D eigenvalue weighted by Gasteiger charge is -2.10. The van der Waals surface area contributed by atoms with Gasteiger partial charge in [-0.15, -0.1) is 0 Å². The number of nitrogens with one attached hydrogen (secondary N) is 1.